The summed E-state index contributed by atoms with van der Waals surface area (Å²) < 4.78 is 7.01. The van der Waals surface area contributed by atoms with Crippen LogP contribution in [-0.2, 0) is 10.8 Å². The third-order valence-corrected chi connectivity index (χ3v) is 13.7. The standard InChI is InChI=1S/C58H43NO/c1-57(2)49-25-14-12-22-42(49)44-31-29-37(33-51(44)57)59(38-30-32-45-43-23-13-15-26-50(43)58(3,4)52(45)34-38)53-27-16-28-54-55(53)48-35-47(41-21-10-11-24-46(41)56(48)60-54)40-20-9-8-19-39(40)36-17-6-5-7-18-36/h5-35H,1-4H3. The van der Waals surface area contributed by atoms with Crippen molar-refractivity contribution >= 4 is 49.8 Å². The van der Waals surface area contributed by atoms with Crippen LogP contribution in [0, 0.1) is 0 Å². The van der Waals surface area contributed by atoms with E-state index in [9.17, 15) is 0 Å². The molecule has 0 N–H and O–H groups in total. The maximum atomic E-state index is 7.01. The van der Waals surface area contributed by atoms with Crippen molar-refractivity contribution in [2.45, 2.75) is 38.5 Å². The van der Waals surface area contributed by atoms with Gasteiger partial charge in [-0.3, -0.25) is 0 Å². The number of nitrogens with zero attached hydrogens (tertiary/aromatic N) is 1. The topological polar surface area (TPSA) is 16.4 Å². The van der Waals surface area contributed by atoms with Gasteiger partial charge < -0.3 is 9.32 Å². The molecule has 1 heterocycles. The highest BCUT2D eigenvalue weighted by Crippen LogP contribution is 2.54. The van der Waals surface area contributed by atoms with Crippen LogP contribution in [0.15, 0.2) is 192 Å². The Morgan fingerprint density at radius 3 is 1.52 bits per heavy atom. The minimum atomic E-state index is -0.149. The molecule has 0 atom stereocenters. The molecule has 0 saturated heterocycles. The molecule has 2 heteroatoms. The van der Waals surface area contributed by atoms with Gasteiger partial charge in [-0.05, 0) is 115 Å². The minimum absolute atomic E-state index is 0.149. The average Bonchev–Trinajstić information content (AvgIpc) is 3.87. The molecule has 2 aliphatic rings. The summed E-state index contributed by atoms with van der Waals surface area (Å²) in [6, 6.07) is 69.2. The lowest BCUT2D eigenvalue weighted by molar-refractivity contribution is 0.660. The van der Waals surface area contributed by atoms with Crippen molar-refractivity contribution in [3.05, 3.63) is 210 Å². The van der Waals surface area contributed by atoms with Crippen LogP contribution in [0.5, 0.6) is 0 Å². The first kappa shape index (κ1) is 34.8. The summed E-state index contributed by atoms with van der Waals surface area (Å²) in [4.78, 5) is 2.49. The van der Waals surface area contributed by atoms with Crippen LogP contribution in [0.25, 0.3) is 77.2 Å². The summed E-state index contributed by atoms with van der Waals surface area (Å²) in [6.45, 7) is 9.46. The van der Waals surface area contributed by atoms with E-state index in [0.717, 1.165) is 44.4 Å². The van der Waals surface area contributed by atoms with Crippen molar-refractivity contribution in [3.8, 4) is 44.5 Å². The van der Waals surface area contributed by atoms with Crippen LogP contribution in [0.3, 0.4) is 0 Å². The van der Waals surface area contributed by atoms with E-state index in [1.54, 1.807) is 0 Å². The smallest absolute Gasteiger partial charge is 0.143 e. The van der Waals surface area contributed by atoms with Crippen LogP contribution in [0.1, 0.15) is 49.9 Å². The number of hydrogen-bond donors (Lipinski definition) is 0. The Labute approximate surface area is 351 Å². The molecule has 1 aromatic heterocycles. The Balaban J connectivity index is 1.14. The summed E-state index contributed by atoms with van der Waals surface area (Å²) in [7, 11) is 0. The number of anilines is 3. The van der Waals surface area contributed by atoms with E-state index in [4.69, 9.17) is 4.42 Å². The molecule has 9 aromatic carbocycles. The minimum Gasteiger partial charge on any atom is -0.455 e. The van der Waals surface area contributed by atoms with Gasteiger partial charge in [0.15, 0.2) is 0 Å². The zero-order valence-electron chi connectivity index (χ0n) is 34.3. The van der Waals surface area contributed by atoms with Crippen molar-refractivity contribution in [2.24, 2.45) is 0 Å². The maximum absolute atomic E-state index is 7.01. The number of hydrogen-bond acceptors (Lipinski definition) is 2. The second kappa shape index (κ2) is 12.7. The zero-order chi connectivity index (χ0) is 40.3. The van der Waals surface area contributed by atoms with Crippen LogP contribution in [-0.4, -0.2) is 0 Å². The number of fused-ring (bicyclic) bond motifs is 11. The lowest BCUT2D eigenvalue weighted by Crippen LogP contribution is -2.18. The van der Waals surface area contributed by atoms with Crippen molar-refractivity contribution < 1.29 is 4.42 Å². The highest BCUT2D eigenvalue weighted by atomic mass is 16.3. The van der Waals surface area contributed by atoms with Gasteiger partial charge in [-0.25, -0.2) is 0 Å². The molecule has 0 bridgehead atoms. The van der Waals surface area contributed by atoms with E-state index in [0.29, 0.717) is 0 Å². The molecule has 0 saturated carbocycles. The third-order valence-electron chi connectivity index (χ3n) is 13.7. The number of furan rings is 1. The van der Waals surface area contributed by atoms with E-state index in [2.05, 4.69) is 221 Å². The molecule has 0 unspecified atom stereocenters. The van der Waals surface area contributed by atoms with Gasteiger partial charge in [0.2, 0.25) is 0 Å². The number of rotatable bonds is 5. The summed E-state index contributed by atoms with van der Waals surface area (Å²) >= 11 is 0. The van der Waals surface area contributed by atoms with Gasteiger partial charge >= 0.3 is 0 Å². The second-order valence-corrected chi connectivity index (χ2v) is 17.6. The van der Waals surface area contributed by atoms with Gasteiger partial charge in [0.25, 0.3) is 0 Å². The van der Waals surface area contributed by atoms with Crippen LogP contribution in [0.4, 0.5) is 17.1 Å². The summed E-state index contributed by atoms with van der Waals surface area (Å²) in [6.07, 6.45) is 0. The van der Waals surface area contributed by atoms with Gasteiger partial charge in [0, 0.05) is 33.0 Å². The molecule has 12 rings (SSSR count). The molecule has 2 nitrogen and oxygen atoms in total. The Bertz CT molecular complexity index is 3280. The number of benzene rings is 9. The largest absolute Gasteiger partial charge is 0.455 e. The molecule has 2 aliphatic carbocycles. The Kier molecular flexibility index (Phi) is 7.36. The fourth-order valence-electron chi connectivity index (χ4n) is 10.7. The van der Waals surface area contributed by atoms with Crippen molar-refractivity contribution in [3.63, 3.8) is 0 Å². The van der Waals surface area contributed by atoms with Crippen LogP contribution >= 0.6 is 0 Å². The van der Waals surface area contributed by atoms with E-state index in [1.807, 2.05) is 0 Å². The molecule has 286 valence electrons. The van der Waals surface area contributed by atoms with Crippen LogP contribution < -0.4 is 4.90 Å². The van der Waals surface area contributed by atoms with Gasteiger partial charge in [0.1, 0.15) is 11.2 Å². The lowest BCUT2D eigenvalue weighted by Gasteiger charge is -2.30. The van der Waals surface area contributed by atoms with E-state index in [-0.39, 0.29) is 10.8 Å². The quantitative estimate of drug-likeness (QED) is 0.173. The average molecular weight is 770 g/mol. The molecule has 0 radical (unpaired) electrons. The highest BCUT2D eigenvalue weighted by molar-refractivity contribution is 6.23. The van der Waals surface area contributed by atoms with Gasteiger partial charge in [0.05, 0.1) is 11.1 Å². The molecule has 0 aliphatic heterocycles. The normalized spacial score (nSPS) is 14.3. The molecule has 60 heavy (non-hydrogen) atoms. The van der Waals surface area contributed by atoms with Gasteiger partial charge in [-0.1, -0.05) is 173 Å². The lowest BCUT2D eigenvalue weighted by atomic mass is 9.82. The van der Waals surface area contributed by atoms with Gasteiger partial charge in [-0.2, -0.15) is 0 Å². The second-order valence-electron chi connectivity index (χ2n) is 17.6. The van der Waals surface area contributed by atoms with Crippen molar-refractivity contribution in [1.82, 2.24) is 0 Å². The highest BCUT2D eigenvalue weighted by Gasteiger charge is 2.38. The Morgan fingerprint density at radius 2 is 0.883 bits per heavy atom. The van der Waals surface area contributed by atoms with Crippen molar-refractivity contribution in [1.29, 1.82) is 0 Å². The van der Waals surface area contributed by atoms with E-state index >= 15 is 0 Å². The Hall–Kier alpha value is -7.16. The summed E-state index contributed by atoms with van der Waals surface area (Å²) in [5.74, 6) is 0. The molecule has 0 fully saturated rings. The predicted molar refractivity (Wildman–Crippen MR) is 252 cm³/mol. The summed E-state index contributed by atoms with van der Waals surface area (Å²) in [5.41, 5.74) is 20.3. The van der Waals surface area contributed by atoms with Gasteiger partial charge in [-0.15, -0.1) is 0 Å². The molecular formula is C58H43NO. The SMILES string of the molecule is CC1(C)c2ccccc2-c2ccc(N(c3ccc4c(c3)C(C)(C)c3ccccc3-4)c3cccc4oc5c6ccccc6c(-c6ccccc6-c6ccccc6)cc5c34)cc21. The zero-order valence-corrected chi connectivity index (χ0v) is 34.3. The fraction of sp³-hybridized carbons (Fsp3) is 0.103. The monoisotopic (exact) mass is 769 g/mol. The van der Waals surface area contributed by atoms with Crippen molar-refractivity contribution in [2.75, 3.05) is 4.90 Å². The van der Waals surface area contributed by atoms with Crippen LogP contribution in [0.2, 0.25) is 0 Å². The third kappa shape index (κ3) is 4.88. The molecule has 0 amide bonds. The Morgan fingerprint density at radius 1 is 0.367 bits per heavy atom. The molecule has 0 spiro atoms. The first-order valence-electron chi connectivity index (χ1n) is 21.1. The first-order valence-corrected chi connectivity index (χ1v) is 21.1. The first-order chi connectivity index (χ1) is 29.3. The molecule has 10 aromatic rings. The van der Waals surface area contributed by atoms with E-state index in [1.165, 1.54) is 72.1 Å². The summed E-state index contributed by atoms with van der Waals surface area (Å²) in [5, 5.41) is 4.48. The molecular weight excluding hydrogens is 727 g/mol. The predicted octanol–water partition coefficient (Wildman–Crippen LogP) is 16.2. The van der Waals surface area contributed by atoms with E-state index < -0.39 is 0 Å². The fourth-order valence-corrected chi connectivity index (χ4v) is 10.7. The maximum Gasteiger partial charge on any atom is 0.143 e.